The molecule has 0 aromatic heterocycles. The summed E-state index contributed by atoms with van der Waals surface area (Å²) in [5.74, 6) is 0.901. The summed E-state index contributed by atoms with van der Waals surface area (Å²) < 4.78 is 10.9. The molecular formula is C15H26N2O2. The first-order chi connectivity index (χ1) is 9.19. The van der Waals surface area contributed by atoms with E-state index in [0.717, 1.165) is 30.9 Å². The molecule has 0 saturated carbocycles. The van der Waals surface area contributed by atoms with Crippen molar-refractivity contribution in [1.29, 1.82) is 0 Å². The van der Waals surface area contributed by atoms with E-state index in [9.17, 15) is 0 Å². The Hall–Kier alpha value is -1.10. The second kappa shape index (κ2) is 8.91. The van der Waals surface area contributed by atoms with Gasteiger partial charge in [0.2, 0.25) is 0 Å². The lowest BCUT2D eigenvalue weighted by atomic mass is 10.2. The first kappa shape index (κ1) is 16.0. The summed E-state index contributed by atoms with van der Waals surface area (Å²) >= 11 is 0. The molecule has 0 bridgehead atoms. The monoisotopic (exact) mass is 266 g/mol. The average Bonchev–Trinajstić information content (AvgIpc) is 2.44. The van der Waals surface area contributed by atoms with E-state index in [4.69, 9.17) is 15.2 Å². The number of likely N-dealkylation sites (N-methyl/N-ethyl adjacent to an activating group) is 1. The van der Waals surface area contributed by atoms with E-state index in [-0.39, 0.29) is 0 Å². The molecule has 108 valence electrons. The molecular weight excluding hydrogens is 240 g/mol. The molecule has 1 rings (SSSR count). The molecule has 0 spiro atoms. The first-order valence-electron chi connectivity index (χ1n) is 6.79. The second-order valence-electron chi connectivity index (χ2n) is 4.80. The minimum Gasteiger partial charge on any atom is -0.493 e. The number of nitrogens with two attached hydrogens (primary N) is 1. The maximum atomic E-state index is 5.78. The lowest BCUT2D eigenvalue weighted by Gasteiger charge is -2.23. The van der Waals surface area contributed by atoms with E-state index in [1.54, 1.807) is 7.11 Å². The Balaban J connectivity index is 2.27. The minimum atomic E-state index is 0.432. The fraction of sp³-hybridized carbons (Fsp3) is 0.600. The van der Waals surface area contributed by atoms with Gasteiger partial charge in [0.25, 0.3) is 0 Å². The Morgan fingerprint density at radius 1 is 1.32 bits per heavy atom. The lowest BCUT2D eigenvalue weighted by Crippen LogP contribution is -2.34. The van der Waals surface area contributed by atoms with Gasteiger partial charge in [-0.1, -0.05) is 18.2 Å². The zero-order valence-electron chi connectivity index (χ0n) is 12.3. The van der Waals surface area contributed by atoms with Crippen LogP contribution in [-0.4, -0.2) is 44.9 Å². The summed E-state index contributed by atoms with van der Waals surface area (Å²) in [7, 11) is 3.84. The van der Waals surface area contributed by atoms with Crippen LogP contribution in [0.1, 0.15) is 18.9 Å². The van der Waals surface area contributed by atoms with E-state index >= 15 is 0 Å². The Morgan fingerprint density at radius 3 is 2.74 bits per heavy atom. The summed E-state index contributed by atoms with van der Waals surface area (Å²) in [6.45, 7) is 5.14. The summed E-state index contributed by atoms with van der Waals surface area (Å²) in [6.07, 6.45) is 0.990. The molecule has 1 unspecified atom stereocenters. The van der Waals surface area contributed by atoms with Crippen LogP contribution in [0.15, 0.2) is 24.3 Å². The standard InChI is InChI=1S/C15H26N2O2/c1-13(12-18-3)17(2)9-6-10-19-15-8-5-4-7-14(15)11-16/h4-5,7-8,13H,6,9-12,16H2,1-3H3. The zero-order valence-corrected chi connectivity index (χ0v) is 12.3. The zero-order chi connectivity index (χ0) is 14.1. The molecule has 1 aromatic rings. The van der Waals surface area contributed by atoms with Crippen molar-refractivity contribution in [2.24, 2.45) is 5.73 Å². The van der Waals surface area contributed by atoms with Crippen molar-refractivity contribution in [1.82, 2.24) is 4.90 Å². The van der Waals surface area contributed by atoms with Crippen LogP contribution in [0.2, 0.25) is 0 Å². The smallest absolute Gasteiger partial charge is 0.123 e. The fourth-order valence-electron chi connectivity index (χ4n) is 1.90. The van der Waals surface area contributed by atoms with Gasteiger partial charge in [-0.25, -0.2) is 0 Å². The Kier molecular flexibility index (Phi) is 7.48. The van der Waals surface area contributed by atoms with E-state index in [1.165, 1.54) is 0 Å². The number of benzene rings is 1. The molecule has 0 heterocycles. The summed E-state index contributed by atoms with van der Waals surface area (Å²) in [5.41, 5.74) is 6.73. The van der Waals surface area contributed by atoms with Gasteiger partial charge in [-0.05, 0) is 26.5 Å². The van der Waals surface area contributed by atoms with Crippen molar-refractivity contribution in [3.63, 3.8) is 0 Å². The highest BCUT2D eigenvalue weighted by atomic mass is 16.5. The molecule has 1 atom stereocenters. The molecule has 19 heavy (non-hydrogen) atoms. The maximum Gasteiger partial charge on any atom is 0.123 e. The highest BCUT2D eigenvalue weighted by Crippen LogP contribution is 2.17. The highest BCUT2D eigenvalue weighted by molar-refractivity contribution is 5.32. The molecule has 2 N–H and O–H groups in total. The van der Waals surface area contributed by atoms with Gasteiger partial charge in [0.15, 0.2) is 0 Å². The van der Waals surface area contributed by atoms with Crippen molar-refractivity contribution >= 4 is 0 Å². The van der Waals surface area contributed by atoms with Gasteiger partial charge in [0.05, 0.1) is 13.2 Å². The predicted molar refractivity (Wildman–Crippen MR) is 78.4 cm³/mol. The number of para-hydroxylation sites is 1. The number of hydrogen-bond acceptors (Lipinski definition) is 4. The quantitative estimate of drug-likeness (QED) is 0.693. The van der Waals surface area contributed by atoms with Crippen molar-refractivity contribution < 1.29 is 9.47 Å². The van der Waals surface area contributed by atoms with Gasteiger partial charge in [0.1, 0.15) is 5.75 Å². The molecule has 1 aromatic carbocycles. The third kappa shape index (κ3) is 5.59. The summed E-state index contributed by atoms with van der Waals surface area (Å²) in [5, 5.41) is 0. The molecule has 4 nitrogen and oxygen atoms in total. The normalized spacial score (nSPS) is 12.7. The molecule has 4 heteroatoms. The molecule has 0 saturated heterocycles. The SMILES string of the molecule is COCC(C)N(C)CCCOc1ccccc1CN. The summed E-state index contributed by atoms with van der Waals surface area (Å²) in [4.78, 5) is 2.28. The number of methoxy groups -OCH3 is 1. The molecule has 0 radical (unpaired) electrons. The lowest BCUT2D eigenvalue weighted by molar-refractivity contribution is 0.111. The number of hydrogen-bond donors (Lipinski definition) is 1. The maximum absolute atomic E-state index is 5.78. The van der Waals surface area contributed by atoms with Crippen LogP contribution in [-0.2, 0) is 11.3 Å². The van der Waals surface area contributed by atoms with Crippen LogP contribution in [0.5, 0.6) is 5.75 Å². The van der Waals surface area contributed by atoms with Crippen LogP contribution in [0.3, 0.4) is 0 Å². The van der Waals surface area contributed by atoms with Crippen molar-refractivity contribution in [3.8, 4) is 5.75 Å². The topological polar surface area (TPSA) is 47.7 Å². The largest absolute Gasteiger partial charge is 0.493 e. The van der Waals surface area contributed by atoms with Crippen LogP contribution in [0.4, 0.5) is 0 Å². The van der Waals surface area contributed by atoms with Crippen LogP contribution < -0.4 is 10.5 Å². The van der Waals surface area contributed by atoms with Crippen molar-refractivity contribution in [2.45, 2.75) is 25.9 Å². The van der Waals surface area contributed by atoms with Gasteiger partial charge in [-0.3, -0.25) is 0 Å². The fourth-order valence-corrected chi connectivity index (χ4v) is 1.90. The second-order valence-corrected chi connectivity index (χ2v) is 4.80. The highest BCUT2D eigenvalue weighted by Gasteiger charge is 2.08. The minimum absolute atomic E-state index is 0.432. The molecule has 0 fully saturated rings. The van der Waals surface area contributed by atoms with E-state index < -0.39 is 0 Å². The molecule has 0 aliphatic carbocycles. The number of ether oxygens (including phenoxy) is 2. The Morgan fingerprint density at radius 2 is 2.05 bits per heavy atom. The Labute approximate surface area is 116 Å². The van der Waals surface area contributed by atoms with Crippen LogP contribution in [0.25, 0.3) is 0 Å². The van der Waals surface area contributed by atoms with Crippen molar-refractivity contribution in [2.75, 3.05) is 33.9 Å². The van der Waals surface area contributed by atoms with Crippen molar-refractivity contribution in [3.05, 3.63) is 29.8 Å². The van der Waals surface area contributed by atoms with Crippen LogP contribution >= 0.6 is 0 Å². The molecule has 0 aliphatic heterocycles. The van der Waals surface area contributed by atoms with Gasteiger partial charge in [-0.2, -0.15) is 0 Å². The first-order valence-corrected chi connectivity index (χ1v) is 6.79. The summed E-state index contributed by atoms with van der Waals surface area (Å²) in [6, 6.07) is 8.36. The molecule has 0 amide bonds. The van der Waals surface area contributed by atoms with Crippen LogP contribution in [0, 0.1) is 0 Å². The Bertz CT molecular complexity index is 358. The molecule has 0 aliphatic rings. The third-order valence-corrected chi connectivity index (χ3v) is 3.27. The van der Waals surface area contributed by atoms with Gasteiger partial charge in [-0.15, -0.1) is 0 Å². The average molecular weight is 266 g/mol. The van der Waals surface area contributed by atoms with E-state index in [1.807, 2.05) is 24.3 Å². The number of nitrogens with zero attached hydrogens (tertiary/aromatic N) is 1. The van der Waals surface area contributed by atoms with Gasteiger partial charge >= 0.3 is 0 Å². The third-order valence-electron chi connectivity index (χ3n) is 3.27. The van der Waals surface area contributed by atoms with Gasteiger partial charge in [0, 0.05) is 31.8 Å². The van der Waals surface area contributed by atoms with Gasteiger partial charge < -0.3 is 20.1 Å². The van der Waals surface area contributed by atoms with E-state index in [0.29, 0.717) is 19.2 Å². The number of rotatable bonds is 9. The van der Waals surface area contributed by atoms with E-state index in [2.05, 4.69) is 18.9 Å². The predicted octanol–water partition coefficient (Wildman–Crippen LogP) is 1.88.